The van der Waals surface area contributed by atoms with E-state index in [1.165, 1.54) is 5.56 Å². The Balaban J connectivity index is 1.79. The summed E-state index contributed by atoms with van der Waals surface area (Å²) in [4.78, 5) is 7.15. The zero-order chi connectivity index (χ0) is 18.3. The van der Waals surface area contributed by atoms with E-state index >= 15 is 0 Å². The van der Waals surface area contributed by atoms with Crippen LogP contribution in [-0.4, -0.2) is 25.7 Å². The van der Waals surface area contributed by atoms with Gasteiger partial charge in [0.1, 0.15) is 5.82 Å². The van der Waals surface area contributed by atoms with E-state index in [4.69, 9.17) is 16.6 Å². The Morgan fingerprint density at radius 3 is 2.77 bits per heavy atom. The molecule has 0 unspecified atom stereocenters. The molecular formula is C20H19ClN2O2S. The Morgan fingerprint density at radius 2 is 1.96 bits per heavy atom. The first-order valence-corrected chi connectivity index (χ1v) is 10.7. The fourth-order valence-corrected chi connectivity index (χ4v) is 5.11. The van der Waals surface area contributed by atoms with Gasteiger partial charge in [-0.05, 0) is 41.8 Å². The van der Waals surface area contributed by atoms with E-state index in [2.05, 4.69) is 19.1 Å². The summed E-state index contributed by atoms with van der Waals surface area (Å²) in [6.45, 7) is 2.99. The Hall–Kier alpha value is -2.11. The number of halogens is 1. The zero-order valence-electron chi connectivity index (χ0n) is 14.4. The quantitative estimate of drug-likeness (QED) is 0.660. The molecular weight excluding hydrogens is 368 g/mol. The molecule has 0 saturated carbocycles. The first-order valence-electron chi connectivity index (χ1n) is 8.63. The predicted molar refractivity (Wildman–Crippen MR) is 106 cm³/mol. The molecule has 0 radical (unpaired) electrons. The van der Waals surface area contributed by atoms with Crippen LogP contribution in [0, 0.1) is 0 Å². The molecule has 26 heavy (non-hydrogen) atoms. The number of nitrogens with zero attached hydrogens (tertiary/aromatic N) is 2. The largest absolute Gasteiger partial charge is 0.351 e. The number of fused-ring (bicyclic) bond motifs is 2. The molecule has 0 amide bonds. The van der Waals surface area contributed by atoms with Gasteiger partial charge in [-0.15, -0.1) is 0 Å². The van der Waals surface area contributed by atoms with Crippen molar-refractivity contribution in [2.45, 2.75) is 24.8 Å². The lowest BCUT2D eigenvalue weighted by Crippen LogP contribution is -2.26. The summed E-state index contributed by atoms with van der Waals surface area (Å²) >= 11 is 6.52. The number of sulfone groups is 1. The Labute approximate surface area is 158 Å². The Morgan fingerprint density at radius 1 is 1.15 bits per heavy atom. The monoisotopic (exact) mass is 386 g/mol. The molecule has 0 bridgehead atoms. The number of rotatable bonds is 2. The average molecular weight is 387 g/mol. The summed E-state index contributed by atoms with van der Waals surface area (Å²) in [7, 11) is -3.28. The standard InChI is InChI=1S/C20H19ClN2O2S/c1-2-14-7-8-18-16(11-14)17(21)12-20(22-18)23-9-10-26(24,25)19-6-4-3-5-15(19)13-23/h3-8,11-12H,2,9-10,13H2,1H3. The third-order valence-electron chi connectivity index (χ3n) is 4.84. The molecule has 4 nitrogen and oxygen atoms in total. The maximum absolute atomic E-state index is 12.5. The van der Waals surface area contributed by atoms with Crippen LogP contribution in [0.25, 0.3) is 10.9 Å². The van der Waals surface area contributed by atoms with E-state index in [1.54, 1.807) is 12.1 Å². The highest BCUT2D eigenvalue weighted by Crippen LogP contribution is 2.31. The Bertz CT molecular complexity index is 1100. The van der Waals surface area contributed by atoms with E-state index in [9.17, 15) is 8.42 Å². The van der Waals surface area contributed by atoms with Gasteiger partial charge in [0.05, 0.1) is 21.2 Å². The van der Waals surface area contributed by atoms with Gasteiger partial charge in [-0.1, -0.05) is 42.8 Å². The zero-order valence-corrected chi connectivity index (χ0v) is 16.0. The van der Waals surface area contributed by atoms with Gasteiger partial charge in [0, 0.05) is 18.5 Å². The molecule has 0 spiro atoms. The topological polar surface area (TPSA) is 50.3 Å². The van der Waals surface area contributed by atoms with Gasteiger partial charge in [-0.25, -0.2) is 13.4 Å². The van der Waals surface area contributed by atoms with Crippen LogP contribution < -0.4 is 4.90 Å². The SMILES string of the molecule is CCc1ccc2nc(N3CCS(=O)(=O)c4ccccc4C3)cc(Cl)c2c1. The van der Waals surface area contributed by atoms with Gasteiger partial charge in [0.25, 0.3) is 0 Å². The number of hydrogen-bond donors (Lipinski definition) is 0. The molecule has 0 fully saturated rings. The number of hydrogen-bond acceptors (Lipinski definition) is 4. The number of anilines is 1. The highest BCUT2D eigenvalue weighted by molar-refractivity contribution is 7.91. The van der Waals surface area contributed by atoms with Crippen molar-refractivity contribution in [2.24, 2.45) is 0 Å². The van der Waals surface area contributed by atoms with Gasteiger partial charge in [0.15, 0.2) is 9.84 Å². The summed E-state index contributed by atoms with van der Waals surface area (Å²) in [5.41, 5.74) is 2.83. The lowest BCUT2D eigenvalue weighted by Gasteiger charge is -2.22. The molecule has 0 N–H and O–H groups in total. The van der Waals surface area contributed by atoms with Crippen LogP contribution in [0.4, 0.5) is 5.82 Å². The van der Waals surface area contributed by atoms with Crippen molar-refractivity contribution < 1.29 is 8.42 Å². The molecule has 134 valence electrons. The maximum atomic E-state index is 12.5. The van der Waals surface area contributed by atoms with Crippen LogP contribution >= 0.6 is 11.6 Å². The van der Waals surface area contributed by atoms with Crippen molar-refractivity contribution in [3.8, 4) is 0 Å². The molecule has 0 saturated heterocycles. The second-order valence-corrected chi connectivity index (χ2v) is 9.00. The third kappa shape index (κ3) is 3.06. The van der Waals surface area contributed by atoms with Crippen molar-refractivity contribution in [3.63, 3.8) is 0 Å². The lowest BCUT2D eigenvalue weighted by atomic mass is 10.1. The van der Waals surface area contributed by atoms with E-state index in [0.29, 0.717) is 28.8 Å². The number of aromatic nitrogens is 1. The van der Waals surface area contributed by atoms with Crippen molar-refractivity contribution in [3.05, 3.63) is 64.7 Å². The first kappa shape index (κ1) is 17.3. The van der Waals surface area contributed by atoms with E-state index in [0.717, 1.165) is 22.9 Å². The lowest BCUT2D eigenvalue weighted by molar-refractivity contribution is 0.596. The van der Waals surface area contributed by atoms with Crippen LogP contribution in [0.1, 0.15) is 18.1 Å². The van der Waals surface area contributed by atoms with Gasteiger partial charge in [-0.2, -0.15) is 0 Å². The average Bonchev–Trinajstić information content (AvgIpc) is 2.78. The minimum atomic E-state index is -3.28. The van der Waals surface area contributed by atoms with E-state index in [-0.39, 0.29) is 5.75 Å². The molecule has 6 heteroatoms. The second-order valence-electron chi connectivity index (χ2n) is 6.52. The third-order valence-corrected chi connectivity index (χ3v) is 6.94. The summed E-state index contributed by atoms with van der Waals surface area (Å²) < 4.78 is 25.1. The number of benzene rings is 2. The summed E-state index contributed by atoms with van der Waals surface area (Å²) in [6, 6.07) is 15.1. The number of aryl methyl sites for hydroxylation is 1. The molecule has 1 aliphatic rings. The first-order chi connectivity index (χ1) is 12.5. The molecule has 0 aliphatic carbocycles. The van der Waals surface area contributed by atoms with Crippen LogP contribution in [0.15, 0.2) is 53.4 Å². The van der Waals surface area contributed by atoms with Gasteiger partial charge in [0.2, 0.25) is 0 Å². The normalized spacial score (nSPS) is 16.3. The maximum Gasteiger partial charge on any atom is 0.180 e. The summed E-state index contributed by atoms with van der Waals surface area (Å²) in [6.07, 6.45) is 0.939. The summed E-state index contributed by atoms with van der Waals surface area (Å²) in [5, 5.41) is 1.57. The van der Waals surface area contributed by atoms with Crippen molar-refractivity contribution in [1.82, 2.24) is 4.98 Å². The highest BCUT2D eigenvalue weighted by Gasteiger charge is 2.26. The summed E-state index contributed by atoms with van der Waals surface area (Å²) in [5.74, 6) is 0.773. The van der Waals surface area contributed by atoms with Gasteiger partial charge < -0.3 is 4.90 Å². The fraction of sp³-hybridized carbons (Fsp3) is 0.250. The van der Waals surface area contributed by atoms with Crippen molar-refractivity contribution in [1.29, 1.82) is 0 Å². The number of pyridine rings is 1. The molecule has 0 atom stereocenters. The molecule has 3 aromatic rings. The highest BCUT2D eigenvalue weighted by atomic mass is 35.5. The molecule has 2 heterocycles. The molecule has 1 aliphatic heterocycles. The van der Waals surface area contributed by atoms with Crippen LogP contribution in [0.5, 0.6) is 0 Å². The smallest absolute Gasteiger partial charge is 0.180 e. The van der Waals surface area contributed by atoms with Crippen LogP contribution in [0.3, 0.4) is 0 Å². The van der Waals surface area contributed by atoms with E-state index < -0.39 is 9.84 Å². The van der Waals surface area contributed by atoms with Crippen LogP contribution in [0.2, 0.25) is 5.02 Å². The van der Waals surface area contributed by atoms with Crippen molar-refractivity contribution >= 4 is 38.2 Å². The molecule has 1 aromatic heterocycles. The predicted octanol–water partition coefficient (Wildman–Crippen LogP) is 4.24. The van der Waals surface area contributed by atoms with Crippen molar-refractivity contribution in [2.75, 3.05) is 17.2 Å². The Kier molecular flexibility index (Phi) is 4.37. The minimum Gasteiger partial charge on any atom is -0.351 e. The fourth-order valence-electron chi connectivity index (χ4n) is 3.36. The van der Waals surface area contributed by atoms with Gasteiger partial charge in [-0.3, -0.25) is 0 Å². The van der Waals surface area contributed by atoms with Gasteiger partial charge >= 0.3 is 0 Å². The van der Waals surface area contributed by atoms with E-state index in [1.807, 2.05) is 29.2 Å². The second kappa shape index (κ2) is 6.56. The van der Waals surface area contributed by atoms with Crippen LogP contribution in [-0.2, 0) is 22.8 Å². The molecule has 4 rings (SSSR count). The minimum absolute atomic E-state index is 0.0656. The molecule has 2 aromatic carbocycles.